The smallest absolute Gasteiger partial charge is 0.0207 e. The molecule has 1 atom stereocenters. The van der Waals surface area contributed by atoms with E-state index in [4.69, 9.17) is 0 Å². The summed E-state index contributed by atoms with van der Waals surface area (Å²) in [5, 5.41) is 3.29. The lowest BCUT2D eigenvalue weighted by Gasteiger charge is -2.14. The predicted molar refractivity (Wildman–Crippen MR) is 65.5 cm³/mol. The van der Waals surface area contributed by atoms with Gasteiger partial charge >= 0.3 is 0 Å². The first-order valence-electron chi connectivity index (χ1n) is 4.79. The quantitative estimate of drug-likeness (QED) is 0.796. The first-order chi connectivity index (χ1) is 6.77. The number of rotatable bonds is 5. The summed E-state index contributed by atoms with van der Waals surface area (Å²) in [6.07, 6.45) is 3.99. The largest absolute Gasteiger partial charge is 0.316 e. The zero-order chi connectivity index (χ0) is 10.4. The molecule has 0 aliphatic carbocycles. The Bertz CT molecular complexity index is 296. The van der Waals surface area contributed by atoms with Crippen molar-refractivity contribution >= 4 is 15.9 Å². The second-order valence-corrected chi connectivity index (χ2v) is 4.16. The van der Waals surface area contributed by atoms with E-state index >= 15 is 0 Å². The van der Waals surface area contributed by atoms with Crippen molar-refractivity contribution < 1.29 is 0 Å². The summed E-state index contributed by atoms with van der Waals surface area (Å²) in [6.45, 7) is 3.76. The van der Waals surface area contributed by atoms with Crippen LogP contribution in [0, 0.1) is 0 Å². The van der Waals surface area contributed by atoms with Crippen molar-refractivity contribution in [1.82, 2.24) is 5.32 Å². The highest BCUT2D eigenvalue weighted by Gasteiger charge is 2.06. The van der Waals surface area contributed by atoms with Gasteiger partial charge in [-0.3, -0.25) is 0 Å². The van der Waals surface area contributed by atoms with Crippen molar-refractivity contribution in [2.45, 2.75) is 18.9 Å². The van der Waals surface area contributed by atoms with Crippen molar-refractivity contribution in [2.24, 2.45) is 0 Å². The lowest BCUT2D eigenvalue weighted by molar-refractivity contribution is 0.565. The van der Waals surface area contributed by atoms with Gasteiger partial charge in [-0.2, -0.15) is 0 Å². The highest BCUT2D eigenvalue weighted by atomic mass is 79.9. The molecule has 0 saturated carbocycles. The van der Waals surface area contributed by atoms with Crippen molar-refractivity contribution in [3.63, 3.8) is 0 Å². The van der Waals surface area contributed by atoms with Crippen LogP contribution in [0.3, 0.4) is 0 Å². The summed E-state index contributed by atoms with van der Waals surface area (Å²) in [4.78, 5) is 0. The van der Waals surface area contributed by atoms with Gasteiger partial charge in [0.05, 0.1) is 0 Å². The molecule has 0 bridgehead atoms. The van der Waals surface area contributed by atoms with Gasteiger partial charge in [0.15, 0.2) is 0 Å². The highest BCUT2D eigenvalue weighted by molar-refractivity contribution is 9.10. The second kappa shape index (κ2) is 5.99. The van der Waals surface area contributed by atoms with Crippen molar-refractivity contribution in [1.29, 1.82) is 0 Å². The monoisotopic (exact) mass is 253 g/mol. The molecule has 0 aliphatic heterocycles. The fourth-order valence-corrected chi connectivity index (χ4v) is 1.88. The summed E-state index contributed by atoms with van der Waals surface area (Å²) >= 11 is 3.55. The van der Waals surface area contributed by atoms with E-state index in [1.165, 1.54) is 10.0 Å². The first kappa shape index (κ1) is 11.5. The maximum atomic E-state index is 3.76. The third kappa shape index (κ3) is 3.28. The summed E-state index contributed by atoms with van der Waals surface area (Å²) in [5.74, 6) is 0. The molecule has 1 unspecified atom stereocenters. The van der Waals surface area contributed by atoms with E-state index in [1.807, 2.05) is 19.2 Å². The van der Waals surface area contributed by atoms with E-state index in [0.29, 0.717) is 6.04 Å². The van der Waals surface area contributed by atoms with Gasteiger partial charge in [-0.25, -0.2) is 0 Å². The maximum Gasteiger partial charge on any atom is 0.0207 e. The topological polar surface area (TPSA) is 12.0 Å². The van der Waals surface area contributed by atoms with E-state index in [9.17, 15) is 0 Å². The minimum Gasteiger partial charge on any atom is -0.316 e. The van der Waals surface area contributed by atoms with Crippen LogP contribution in [0.2, 0.25) is 0 Å². The molecule has 1 nitrogen and oxygen atoms in total. The number of likely N-dealkylation sites (N-methyl/N-ethyl adjacent to an activating group) is 1. The van der Waals surface area contributed by atoms with Gasteiger partial charge in [-0.15, -0.1) is 6.58 Å². The van der Waals surface area contributed by atoms with E-state index in [2.05, 4.69) is 46.0 Å². The molecular weight excluding hydrogens is 238 g/mol. The van der Waals surface area contributed by atoms with Crippen LogP contribution in [0.15, 0.2) is 41.4 Å². The Morgan fingerprint density at radius 2 is 2.21 bits per heavy atom. The Hall–Kier alpha value is -0.600. The molecule has 0 heterocycles. The number of benzene rings is 1. The molecule has 76 valence electrons. The van der Waals surface area contributed by atoms with Crippen LogP contribution in [0.25, 0.3) is 0 Å². The molecule has 1 rings (SSSR count). The molecule has 0 amide bonds. The average molecular weight is 254 g/mol. The number of nitrogens with one attached hydrogen (secondary N) is 1. The molecule has 1 aromatic rings. The average Bonchev–Trinajstić information content (AvgIpc) is 2.20. The lowest BCUT2D eigenvalue weighted by atomic mass is 10.0. The van der Waals surface area contributed by atoms with E-state index in [-0.39, 0.29) is 0 Å². The zero-order valence-corrected chi connectivity index (χ0v) is 10.0. The standard InChI is InChI=1S/C12H16BrN/c1-3-6-11(14-2)9-10-7-4-5-8-12(10)13/h3-5,7-8,11,14H,1,6,9H2,2H3. The van der Waals surface area contributed by atoms with Gasteiger partial charge in [0.2, 0.25) is 0 Å². The number of halogens is 1. The number of hydrogen-bond donors (Lipinski definition) is 1. The second-order valence-electron chi connectivity index (χ2n) is 3.31. The summed E-state index contributed by atoms with van der Waals surface area (Å²) in [6, 6.07) is 8.81. The van der Waals surface area contributed by atoms with Gasteiger partial charge in [-0.1, -0.05) is 40.2 Å². The van der Waals surface area contributed by atoms with E-state index in [1.54, 1.807) is 0 Å². The molecule has 1 aromatic carbocycles. The normalized spacial score (nSPS) is 12.4. The van der Waals surface area contributed by atoms with Gasteiger partial charge < -0.3 is 5.32 Å². The van der Waals surface area contributed by atoms with Gasteiger partial charge in [-0.05, 0) is 31.5 Å². The SMILES string of the molecule is C=CCC(Cc1ccccc1Br)NC. The first-order valence-corrected chi connectivity index (χ1v) is 5.58. The van der Waals surface area contributed by atoms with Gasteiger partial charge in [0.25, 0.3) is 0 Å². The van der Waals surface area contributed by atoms with Gasteiger partial charge in [0.1, 0.15) is 0 Å². The summed E-state index contributed by atoms with van der Waals surface area (Å²) < 4.78 is 1.18. The molecule has 1 N–H and O–H groups in total. The molecular formula is C12H16BrN. The maximum absolute atomic E-state index is 3.76. The van der Waals surface area contributed by atoms with Crippen LogP contribution >= 0.6 is 15.9 Å². The lowest BCUT2D eigenvalue weighted by Crippen LogP contribution is -2.26. The van der Waals surface area contributed by atoms with E-state index in [0.717, 1.165) is 12.8 Å². The molecule has 14 heavy (non-hydrogen) atoms. The van der Waals surface area contributed by atoms with Crippen molar-refractivity contribution in [3.05, 3.63) is 47.0 Å². The van der Waals surface area contributed by atoms with Crippen LogP contribution in [-0.4, -0.2) is 13.1 Å². The van der Waals surface area contributed by atoms with Gasteiger partial charge in [0, 0.05) is 10.5 Å². The molecule has 0 saturated heterocycles. The van der Waals surface area contributed by atoms with Crippen LogP contribution in [0.4, 0.5) is 0 Å². The number of hydrogen-bond acceptors (Lipinski definition) is 1. The molecule has 0 radical (unpaired) electrons. The molecule has 0 aliphatic rings. The van der Waals surface area contributed by atoms with Crippen molar-refractivity contribution in [3.8, 4) is 0 Å². The minimum absolute atomic E-state index is 0.478. The third-order valence-corrected chi connectivity index (χ3v) is 3.06. The van der Waals surface area contributed by atoms with Crippen molar-refractivity contribution in [2.75, 3.05) is 7.05 Å². The molecule has 0 aromatic heterocycles. The fourth-order valence-electron chi connectivity index (χ4n) is 1.43. The molecule has 0 fully saturated rings. The Kier molecular flexibility index (Phi) is 4.91. The van der Waals surface area contributed by atoms with Crippen LogP contribution in [-0.2, 0) is 6.42 Å². The van der Waals surface area contributed by atoms with E-state index < -0.39 is 0 Å². The fraction of sp³-hybridized carbons (Fsp3) is 0.333. The van der Waals surface area contributed by atoms with Crippen LogP contribution in [0.5, 0.6) is 0 Å². The Labute approximate surface area is 94.3 Å². The Morgan fingerprint density at radius 3 is 2.79 bits per heavy atom. The summed E-state index contributed by atoms with van der Waals surface area (Å²) in [5.41, 5.74) is 1.34. The highest BCUT2D eigenvalue weighted by Crippen LogP contribution is 2.18. The van der Waals surface area contributed by atoms with Crippen LogP contribution in [0.1, 0.15) is 12.0 Å². The van der Waals surface area contributed by atoms with Crippen LogP contribution < -0.4 is 5.32 Å². The minimum atomic E-state index is 0.478. The Morgan fingerprint density at radius 1 is 1.50 bits per heavy atom. The summed E-state index contributed by atoms with van der Waals surface area (Å²) in [7, 11) is 1.99. The molecule has 0 spiro atoms. The predicted octanol–water partition coefficient (Wildman–Crippen LogP) is 3.16. The zero-order valence-electron chi connectivity index (χ0n) is 8.46. The molecule has 2 heteroatoms. The Balaban J connectivity index is 2.66. The third-order valence-electron chi connectivity index (χ3n) is 2.28.